The fourth-order valence-corrected chi connectivity index (χ4v) is 2.80. The average Bonchev–Trinajstić information content (AvgIpc) is 3.46. The molecule has 8 nitrogen and oxygen atoms in total. The fraction of sp³-hybridized carbons (Fsp3) is 0. The third-order valence-electron chi connectivity index (χ3n) is 4.20. The molecule has 0 N–H and O–H groups in total. The Morgan fingerprint density at radius 1 is 0.571 bits per heavy atom. The van der Waals surface area contributed by atoms with Crippen LogP contribution in [-0.2, 0) is 0 Å². The van der Waals surface area contributed by atoms with Crippen LogP contribution < -0.4 is 0 Å². The molecule has 5 aromatic heterocycles. The lowest BCUT2D eigenvalue weighted by Gasteiger charge is -2.02. The quantitative estimate of drug-likeness (QED) is 0.486. The minimum atomic E-state index is 0.624. The molecule has 0 spiro atoms. The molecule has 0 radical (unpaired) electrons. The summed E-state index contributed by atoms with van der Waals surface area (Å²) in [7, 11) is 0. The van der Waals surface area contributed by atoms with Gasteiger partial charge < -0.3 is 0 Å². The minimum Gasteiger partial charge on any atom is -0.264 e. The van der Waals surface area contributed by atoms with Crippen molar-refractivity contribution in [3.05, 3.63) is 85.7 Å². The van der Waals surface area contributed by atoms with E-state index in [0.717, 1.165) is 22.5 Å². The molecule has 0 bridgehead atoms. The maximum atomic E-state index is 4.54. The highest BCUT2D eigenvalue weighted by atomic mass is 15.4. The zero-order valence-corrected chi connectivity index (χ0v) is 14.7. The first-order valence-corrected chi connectivity index (χ1v) is 8.63. The van der Waals surface area contributed by atoms with Crippen LogP contribution in [0.5, 0.6) is 0 Å². The number of hydrogen-bond acceptors (Lipinski definition) is 6. The minimum absolute atomic E-state index is 0.624. The molecular weight excluding hydrogens is 352 g/mol. The van der Waals surface area contributed by atoms with E-state index in [4.69, 9.17) is 0 Å². The van der Waals surface area contributed by atoms with Crippen molar-refractivity contribution < 1.29 is 0 Å². The Bertz CT molecular complexity index is 1100. The lowest BCUT2D eigenvalue weighted by atomic mass is 10.2. The van der Waals surface area contributed by atoms with Crippen molar-refractivity contribution in [3.63, 3.8) is 0 Å². The van der Waals surface area contributed by atoms with Crippen molar-refractivity contribution in [3.8, 4) is 34.2 Å². The Balaban J connectivity index is 1.40. The van der Waals surface area contributed by atoms with Crippen molar-refractivity contribution in [2.24, 2.45) is 0 Å². The van der Waals surface area contributed by atoms with Crippen LogP contribution in [0.4, 0.5) is 0 Å². The van der Waals surface area contributed by atoms with Gasteiger partial charge in [-0.3, -0.25) is 9.97 Å². The van der Waals surface area contributed by atoms with Crippen LogP contribution in [0, 0.1) is 0 Å². The van der Waals surface area contributed by atoms with Gasteiger partial charge in [0.05, 0.1) is 11.4 Å². The molecule has 0 aromatic carbocycles. The second-order valence-corrected chi connectivity index (χ2v) is 6.02. The molecule has 0 unspecified atom stereocenters. The smallest absolute Gasteiger partial charge is 0.175 e. The number of pyridine rings is 2. The van der Waals surface area contributed by atoms with E-state index in [-0.39, 0.29) is 0 Å². The fourth-order valence-electron chi connectivity index (χ4n) is 2.80. The average molecular weight is 366 g/mol. The van der Waals surface area contributed by atoms with E-state index in [9.17, 15) is 0 Å². The van der Waals surface area contributed by atoms with Crippen LogP contribution in [0.3, 0.4) is 0 Å². The van der Waals surface area contributed by atoms with Gasteiger partial charge >= 0.3 is 0 Å². The van der Waals surface area contributed by atoms with E-state index in [1.54, 1.807) is 34.2 Å². The van der Waals surface area contributed by atoms with Gasteiger partial charge in [0.2, 0.25) is 0 Å². The molecule has 5 rings (SSSR count). The summed E-state index contributed by atoms with van der Waals surface area (Å²) in [6.45, 7) is 0. The Morgan fingerprint density at radius 3 is 1.46 bits per heavy atom. The lowest BCUT2D eigenvalue weighted by Crippen LogP contribution is -2.04. The number of hydrogen-bond donors (Lipinski definition) is 0. The predicted molar refractivity (Wildman–Crippen MR) is 103 cm³/mol. The molecule has 0 amide bonds. The lowest BCUT2D eigenvalue weighted by molar-refractivity contribution is 0.775. The van der Waals surface area contributed by atoms with Crippen LogP contribution >= 0.6 is 0 Å². The second kappa shape index (κ2) is 6.84. The Labute approximate surface area is 160 Å². The highest BCUT2D eigenvalue weighted by Crippen LogP contribution is 2.18. The summed E-state index contributed by atoms with van der Waals surface area (Å²) in [4.78, 5) is 8.24. The molecule has 5 heterocycles. The molecule has 134 valence electrons. The molecule has 5 aromatic rings. The van der Waals surface area contributed by atoms with E-state index in [1.165, 1.54) is 0 Å². The summed E-state index contributed by atoms with van der Waals surface area (Å²) in [5.74, 6) is 1.25. The van der Waals surface area contributed by atoms with Crippen LogP contribution in [-0.4, -0.2) is 39.7 Å². The van der Waals surface area contributed by atoms with E-state index in [1.807, 2.05) is 60.9 Å². The SMILES string of the molecule is c1cncc(-c2ccn(-c3ccc(-n4ccc(-c5cccnc5)n4)nn3)n2)c1. The van der Waals surface area contributed by atoms with Gasteiger partial charge in [0, 0.05) is 48.3 Å². The van der Waals surface area contributed by atoms with Gasteiger partial charge in [0.25, 0.3) is 0 Å². The molecular formula is C20H14N8. The maximum Gasteiger partial charge on any atom is 0.175 e. The van der Waals surface area contributed by atoms with Gasteiger partial charge in [-0.05, 0) is 48.5 Å². The topological polar surface area (TPSA) is 87.2 Å². The van der Waals surface area contributed by atoms with Crippen molar-refractivity contribution >= 4 is 0 Å². The van der Waals surface area contributed by atoms with Crippen molar-refractivity contribution in [1.82, 2.24) is 39.7 Å². The molecule has 0 fully saturated rings. The first kappa shape index (κ1) is 16.0. The molecule has 0 aliphatic rings. The second-order valence-electron chi connectivity index (χ2n) is 6.02. The summed E-state index contributed by atoms with van der Waals surface area (Å²) in [5, 5.41) is 17.6. The molecule has 0 aliphatic heterocycles. The highest BCUT2D eigenvalue weighted by molar-refractivity contribution is 5.58. The summed E-state index contributed by atoms with van der Waals surface area (Å²) >= 11 is 0. The molecule has 0 aliphatic carbocycles. The Morgan fingerprint density at radius 2 is 1.07 bits per heavy atom. The summed E-state index contributed by atoms with van der Waals surface area (Å²) < 4.78 is 3.37. The Hall–Kier alpha value is -4.20. The molecule has 0 saturated heterocycles. The normalized spacial score (nSPS) is 10.9. The van der Waals surface area contributed by atoms with Crippen LogP contribution in [0.1, 0.15) is 0 Å². The third-order valence-corrected chi connectivity index (χ3v) is 4.20. The van der Waals surface area contributed by atoms with Gasteiger partial charge in [-0.2, -0.15) is 10.2 Å². The largest absolute Gasteiger partial charge is 0.264 e. The van der Waals surface area contributed by atoms with Crippen LogP contribution in [0.25, 0.3) is 34.2 Å². The van der Waals surface area contributed by atoms with Gasteiger partial charge in [-0.15, -0.1) is 10.2 Å². The van der Waals surface area contributed by atoms with Crippen molar-refractivity contribution in [1.29, 1.82) is 0 Å². The zero-order chi connectivity index (χ0) is 18.8. The molecule has 8 heteroatoms. The van der Waals surface area contributed by atoms with Gasteiger partial charge in [-0.1, -0.05) is 0 Å². The van der Waals surface area contributed by atoms with E-state index < -0.39 is 0 Å². The Kier molecular flexibility index (Phi) is 3.91. The van der Waals surface area contributed by atoms with Crippen molar-refractivity contribution in [2.75, 3.05) is 0 Å². The van der Waals surface area contributed by atoms with Crippen LogP contribution in [0.2, 0.25) is 0 Å². The van der Waals surface area contributed by atoms with E-state index in [2.05, 4.69) is 30.4 Å². The number of rotatable bonds is 4. The summed E-state index contributed by atoms with van der Waals surface area (Å²) in [5.41, 5.74) is 3.55. The predicted octanol–water partition coefficient (Wildman–Crippen LogP) is 2.97. The maximum absolute atomic E-state index is 4.54. The third kappa shape index (κ3) is 3.03. The first-order chi connectivity index (χ1) is 13.9. The van der Waals surface area contributed by atoms with Gasteiger partial charge in [0.15, 0.2) is 11.6 Å². The number of aromatic nitrogens is 8. The van der Waals surface area contributed by atoms with Crippen molar-refractivity contribution in [2.45, 2.75) is 0 Å². The van der Waals surface area contributed by atoms with E-state index >= 15 is 0 Å². The molecule has 0 saturated carbocycles. The summed E-state index contributed by atoms with van der Waals surface area (Å²) in [6, 6.07) is 15.2. The van der Waals surface area contributed by atoms with Gasteiger partial charge in [-0.25, -0.2) is 9.36 Å². The molecule has 0 atom stereocenters. The monoisotopic (exact) mass is 366 g/mol. The zero-order valence-electron chi connectivity index (χ0n) is 14.7. The first-order valence-electron chi connectivity index (χ1n) is 8.63. The van der Waals surface area contributed by atoms with E-state index in [0.29, 0.717) is 11.6 Å². The molecule has 28 heavy (non-hydrogen) atoms. The standard InChI is InChI=1S/C20H14N8/c1-3-15(13-21-9-1)17-7-11-27(25-17)19-5-6-20(24-23-19)28-12-8-18(26-28)16-4-2-10-22-14-16/h1-14H. The van der Waals surface area contributed by atoms with Crippen LogP contribution in [0.15, 0.2) is 85.7 Å². The summed E-state index contributed by atoms with van der Waals surface area (Å²) in [6.07, 6.45) is 10.7. The highest BCUT2D eigenvalue weighted by Gasteiger charge is 2.08. The van der Waals surface area contributed by atoms with Gasteiger partial charge in [0.1, 0.15) is 0 Å². The number of nitrogens with zero attached hydrogens (tertiary/aromatic N) is 8.